The van der Waals surface area contributed by atoms with Gasteiger partial charge in [-0.05, 0) is 31.1 Å². The molecule has 1 heterocycles. The molecule has 0 bridgehead atoms. The predicted octanol–water partition coefficient (Wildman–Crippen LogP) is 3.40. The van der Waals surface area contributed by atoms with Gasteiger partial charge in [0.1, 0.15) is 5.60 Å². The molecular formula is C14H24O2. The Labute approximate surface area is 98.7 Å². The third kappa shape index (κ3) is 1.22. The van der Waals surface area contributed by atoms with Crippen LogP contribution in [0.1, 0.15) is 54.9 Å². The monoisotopic (exact) mass is 224 g/mol. The van der Waals surface area contributed by atoms with Crippen LogP contribution in [0.2, 0.25) is 0 Å². The van der Waals surface area contributed by atoms with Crippen LogP contribution < -0.4 is 0 Å². The molecule has 0 aromatic rings. The Bertz CT molecular complexity index is 346. The van der Waals surface area contributed by atoms with Crippen molar-refractivity contribution in [2.75, 3.05) is 0 Å². The molecule has 1 saturated carbocycles. The van der Waals surface area contributed by atoms with Crippen molar-refractivity contribution in [1.29, 1.82) is 0 Å². The highest BCUT2D eigenvalue weighted by atomic mass is 16.6. The van der Waals surface area contributed by atoms with Crippen molar-refractivity contribution >= 4 is 5.97 Å². The van der Waals surface area contributed by atoms with Crippen LogP contribution in [0.15, 0.2) is 0 Å². The highest BCUT2D eigenvalue weighted by molar-refractivity contribution is 5.86. The first-order valence-electron chi connectivity index (χ1n) is 6.19. The molecule has 0 aromatic carbocycles. The zero-order valence-corrected chi connectivity index (χ0v) is 11.6. The largest absolute Gasteiger partial charge is 0.459 e. The van der Waals surface area contributed by atoms with Crippen molar-refractivity contribution in [3.8, 4) is 0 Å². The van der Waals surface area contributed by atoms with Gasteiger partial charge >= 0.3 is 5.97 Å². The molecule has 0 radical (unpaired) electrons. The van der Waals surface area contributed by atoms with Gasteiger partial charge < -0.3 is 4.74 Å². The van der Waals surface area contributed by atoms with E-state index < -0.39 is 0 Å². The van der Waals surface area contributed by atoms with Gasteiger partial charge in [-0.1, -0.05) is 34.6 Å². The maximum absolute atomic E-state index is 12.2. The topological polar surface area (TPSA) is 26.3 Å². The Morgan fingerprint density at radius 3 is 2.00 bits per heavy atom. The average Bonchev–Trinajstić information content (AvgIpc) is 2.34. The van der Waals surface area contributed by atoms with Crippen LogP contribution in [-0.4, -0.2) is 11.6 Å². The van der Waals surface area contributed by atoms with Crippen LogP contribution in [0, 0.1) is 22.2 Å². The Morgan fingerprint density at radius 2 is 1.69 bits per heavy atom. The highest BCUT2D eigenvalue weighted by Gasteiger charge is 2.85. The molecule has 2 atom stereocenters. The van der Waals surface area contributed by atoms with Crippen LogP contribution in [-0.2, 0) is 9.53 Å². The number of hydrogen-bond donors (Lipinski definition) is 0. The summed E-state index contributed by atoms with van der Waals surface area (Å²) in [4.78, 5) is 12.2. The van der Waals surface area contributed by atoms with Gasteiger partial charge in [-0.2, -0.15) is 0 Å². The number of hydrogen-bond acceptors (Lipinski definition) is 2. The summed E-state index contributed by atoms with van der Waals surface area (Å²) in [6.45, 7) is 15.1. The van der Waals surface area contributed by atoms with E-state index in [0.29, 0.717) is 5.92 Å². The molecule has 2 rings (SSSR count). The Balaban J connectivity index is 2.38. The maximum atomic E-state index is 12.2. The van der Waals surface area contributed by atoms with E-state index in [4.69, 9.17) is 4.74 Å². The van der Waals surface area contributed by atoms with Crippen molar-refractivity contribution in [3.63, 3.8) is 0 Å². The Kier molecular flexibility index (Phi) is 1.98. The molecule has 2 nitrogen and oxygen atoms in total. The van der Waals surface area contributed by atoms with E-state index in [1.807, 2.05) is 0 Å². The number of carbonyl (C=O) groups excluding carboxylic acids is 1. The molecular weight excluding hydrogens is 200 g/mol. The van der Waals surface area contributed by atoms with Gasteiger partial charge in [0.15, 0.2) is 0 Å². The maximum Gasteiger partial charge on any atom is 0.313 e. The lowest BCUT2D eigenvalue weighted by atomic mass is 9.78. The lowest BCUT2D eigenvalue weighted by molar-refractivity contribution is -0.158. The second kappa shape index (κ2) is 2.65. The van der Waals surface area contributed by atoms with E-state index in [9.17, 15) is 4.79 Å². The summed E-state index contributed by atoms with van der Waals surface area (Å²) in [5.41, 5.74) is -0.245. The van der Waals surface area contributed by atoms with Crippen molar-refractivity contribution in [2.45, 2.75) is 60.5 Å². The van der Waals surface area contributed by atoms with E-state index in [-0.39, 0.29) is 27.8 Å². The molecule has 0 aromatic heterocycles. The normalized spacial score (nSPS) is 39.2. The molecule has 1 saturated heterocycles. The molecule has 2 fully saturated rings. The van der Waals surface area contributed by atoms with Gasteiger partial charge in [-0.3, -0.25) is 4.79 Å². The van der Waals surface area contributed by atoms with Gasteiger partial charge in [0.2, 0.25) is 0 Å². The molecule has 92 valence electrons. The lowest BCUT2D eigenvalue weighted by Gasteiger charge is -2.28. The summed E-state index contributed by atoms with van der Waals surface area (Å²) in [5.74, 6) is 0.404. The molecule has 2 heteroatoms. The summed E-state index contributed by atoms with van der Waals surface area (Å²) in [5, 5.41) is 0. The minimum atomic E-state index is -0.286. The van der Waals surface area contributed by atoms with Gasteiger partial charge in [-0.15, -0.1) is 0 Å². The summed E-state index contributed by atoms with van der Waals surface area (Å²) < 4.78 is 5.56. The first kappa shape index (κ1) is 11.9. The standard InChI is InChI=1S/C14H24O2/c1-11(2,3)8-14-9(12(14,4)5)13(6,7)16-10(14)15/h9H,8H2,1-7H3. The molecule has 0 spiro atoms. The van der Waals surface area contributed by atoms with E-state index in [1.165, 1.54) is 0 Å². The second-order valence-electron chi connectivity index (χ2n) is 7.86. The predicted molar refractivity (Wildman–Crippen MR) is 63.9 cm³/mol. The summed E-state index contributed by atoms with van der Waals surface area (Å²) >= 11 is 0. The zero-order chi connectivity index (χ0) is 12.6. The Morgan fingerprint density at radius 1 is 1.19 bits per heavy atom. The minimum Gasteiger partial charge on any atom is -0.459 e. The minimum absolute atomic E-state index is 0.0300. The van der Waals surface area contributed by atoms with Crippen molar-refractivity contribution in [1.82, 2.24) is 0 Å². The summed E-state index contributed by atoms with van der Waals surface area (Å²) in [7, 11) is 0. The number of fused-ring (bicyclic) bond motifs is 1. The molecule has 0 N–H and O–H groups in total. The summed E-state index contributed by atoms with van der Waals surface area (Å²) in [6.07, 6.45) is 0.930. The number of carbonyl (C=O) groups is 1. The fourth-order valence-electron chi connectivity index (χ4n) is 4.32. The first-order valence-corrected chi connectivity index (χ1v) is 6.19. The van der Waals surface area contributed by atoms with Gasteiger partial charge in [0.25, 0.3) is 0 Å². The fourth-order valence-corrected chi connectivity index (χ4v) is 4.32. The third-order valence-corrected chi connectivity index (χ3v) is 4.51. The number of rotatable bonds is 1. The summed E-state index contributed by atoms with van der Waals surface area (Å²) in [6, 6.07) is 0. The smallest absolute Gasteiger partial charge is 0.313 e. The molecule has 16 heavy (non-hydrogen) atoms. The van der Waals surface area contributed by atoms with Crippen LogP contribution in [0.25, 0.3) is 0 Å². The molecule has 2 unspecified atom stereocenters. The van der Waals surface area contributed by atoms with E-state index in [0.717, 1.165) is 6.42 Å². The molecule has 2 aliphatic rings. The second-order valence-corrected chi connectivity index (χ2v) is 7.86. The van der Waals surface area contributed by atoms with Crippen molar-refractivity contribution < 1.29 is 9.53 Å². The lowest BCUT2D eigenvalue weighted by Crippen LogP contribution is -2.31. The van der Waals surface area contributed by atoms with Crippen molar-refractivity contribution in [3.05, 3.63) is 0 Å². The SMILES string of the molecule is CC(C)(C)CC12C(=O)OC(C)(C)C1C2(C)C. The van der Waals surface area contributed by atoms with Crippen LogP contribution in [0.3, 0.4) is 0 Å². The third-order valence-electron chi connectivity index (χ3n) is 4.51. The fraction of sp³-hybridized carbons (Fsp3) is 0.929. The Hall–Kier alpha value is -0.530. The van der Waals surface area contributed by atoms with E-state index in [2.05, 4.69) is 48.5 Å². The van der Waals surface area contributed by atoms with E-state index >= 15 is 0 Å². The molecule has 0 amide bonds. The first-order chi connectivity index (χ1) is 6.95. The van der Waals surface area contributed by atoms with Crippen LogP contribution in [0.5, 0.6) is 0 Å². The molecule has 1 aliphatic carbocycles. The number of esters is 1. The number of ether oxygens (including phenoxy) is 1. The van der Waals surface area contributed by atoms with Gasteiger partial charge in [0, 0.05) is 5.92 Å². The van der Waals surface area contributed by atoms with Crippen molar-refractivity contribution in [2.24, 2.45) is 22.2 Å². The molecule has 1 aliphatic heterocycles. The number of cyclic esters (lactones) is 1. The zero-order valence-electron chi connectivity index (χ0n) is 11.6. The quantitative estimate of drug-likeness (QED) is 0.638. The van der Waals surface area contributed by atoms with E-state index in [1.54, 1.807) is 0 Å². The van der Waals surface area contributed by atoms with Crippen LogP contribution in [0.4, 0.5) is 0 Å². The van der Waals surface area contributed by atoms with Gasteiger partial charge in [0.05, 0.1) is 5.41 Å². The van der Waals surface area contributed by atoms with Crippen LogP contribution >= 0.6 is 0 Å². The average molecular weight is 224 g/mol. The van der Waals surface area contributed by atoms with Gasteiger partial charge in [-0.25, -0.2) is 0 Å². The highest BCUT2D eigenvalue weighted by Crippen LogP contribution is 2.79.